The first kappa shape index (κ1) is 25.2. The van der Waals surface area contributed by atoms with E-state index in [2.05, 4.69) is 0 Å². The number of aromatic nitrogens is 4. The Morgan fingerprint density at radius 2 is 1.59 bits per heavy atom. The van der Waals surface area contributed by atoms with E-state index in [0.29, 0.717) is 43.3 Å². The molecule has 0 atom stereocenters. The van der Waals surface area contributed by atoms with Gasteiger partial charge < -0.3 is 4.74 Å². The quantitative estimate of drug-likeness (QED) is 0.268. The molecule has 0 spiro atoms. The largest absolute Gasteiger partial charge is 0.497 e. The number of hydrogen-bond acceptors (Lipinski definition) is 5. The molecule has 0 saturated heterocycles. The fourth-order valence-corrected chi connectivity index (χ4v) is 5.53. The fourth-order valence-electron chi connectivity index (χ4n) is 4.08. The highest BCUT2D eigenvalue weighted by atomic mass is 35.5. The lowest BCUT2D eigenvalue weighted by atomic mass is 10.2. The van der Waals surface area contributed by atoms with Crippen molar-refractivity contribution in [3.8, 4) is 5.75 Å². The Morgan fingerprint density at radius 1 is 0.892 bits per heavy atom. The highest BCUT2D eigenvalue weighted by molar-refractivity contribution is 7.99. The van der Waals surface area contributed by atoms with Gasteiger partial charge in [-0.3, -0.25) is 13.9 Å². The topological polar surface area (TPSA) is 71.1 Å². The summed E-state index contributed by atoms with van der Waals surface area (Å²) in [5.41, 5.74) is 1.44. The standard InChI is InChI=1S/C27H22Cl2N4O3S/c1-31-26(34)22-24(37-21-10-6-9-20(28)23(21)29)30-33(16-17-7-4-3-5-8-17)25(22)32(27(31)35)15-18-11-13-19(36-2)14-12-18/h3-14H,15-16H2,1-2H3. The van der Waals surface area contributed by atoms with Gasteiger partial charge in [0.1, 0.15) is 21.8 Å². The molecule has 0 aliphatic rings. The summed E-state index contributed by atoms with van der Waals surface area (Å²) in [6, 6.07) is 22.5. The SMILES string of the molecule is COc1ccc(Cn2c(=O)n(C)c(=O)c3c(Sc4cccc(Cl)c4Cl)nn(Cc4ccccc4)c32)cc1. The first-order valence-corrected chi connectivity index (χ1v) is 12.9. The van der Waals surface area contributed by atoms with Gasteiger partial charge in [0.15, 0.2) is 0 Å². The minimum Gasteiger partial charge on any atom is -0.497 e. The van der Waals surface area contributed by atoms with Gasteiger partial charge in [-0.25, -0.2) is 9.48 Å². The number of hydrogen-bond donors (Lipinski definition) is 0. The van der Waals surface area contributed by atoms with Gasteiger partial charge in [0.05, 0.1) is 30.2 Å². The molecule has 0 bridgehead atoms. The zero-order chi connectivity index (χ0) is 26.1. The molecule has 0 amide bonds. The molecule has 0 unspecified atom stereocenters. The number of rotatable bonds is 7. The molecule has 3 aromatic carbocycles. The van der Waals surface area contributed by atoms with Gasteiger partial charge >= 0.3 is 5.69 Å². The van der Waals surface area contributed by atoms with Crippen molar-refractivity contribution in [1.82, 2.24) is 18.9 Å². The van der Waals surface area contributed by atoms with Crippen molar-refractivity contribution < 1.29 is 4.74 Å². The van der Waals surface area contributed by atoms with E-state index in [1.165, 1.54) is 18.8 Å². The molecule has 7 nitrogen and oxygen atoms in total. The lowest BCUT2D eigenvalue weighted by Crippen LogP contribution is -2.39. The monoisotopic (exact) mass is 552 g/mol. The molecular weight excluding hydrogens is 531 g/mol. The third-order valence-corrected chi connectivity index (χ3v) is 7.95. The van der Waals surface area contributed by atoms with Crippen molar-refractivity contribution >= 4 is 46.0 Å². The summed E-state index contributed by atoms with van der Waals surface area (Å²) in [6.07, 6.45) is 0. The second kappa shape index (κ2) is 10.5. The first-order chi connectivity index (χ1) is 17.9. The average molecular weight is 553 g/mol. The van der Waals surface area contributed by atoms with Crippen LogP contribution in [-0.2, 0) is 20.1 Å². The van der Waals surface area contributed by atoms with Crippen LogP contribution in [0.2, 0.25) is 10.0 Å². The van der Waals surface area contributed by atoms with Crippen LogP contribution in [0.5, 0.6) is 5.75 Å². The van der Waals surface area contributed by atoms with Crippen LogP contribution >= 0.6 is 35.0 Å². The number of fused-ring (bicyclic) bond motifs is 1. The zero-order valence-corrected chi connectivity index (χ0v) is 22.3. The number of ether oxygens (including phenoxy) is 1. The Kier molecular flexibility index (Phi) is 7.15. The normalized spacial score (nSPS) is 11.2. The van der Waals surface area contributed by atoms with Gasteiger partial charge in [-0.2, -0.15) is 5.10 Å². The second-order valence-corrected chi connectivity index (χ2v) is 10.2. The predicted molar refractivity (Wildman–Crippen MR) is 147 cm³/mol. The van der Waals surface area contributed by atoms with Crippen molar-refractivity contribution in [2.45, 2.75) is 23.0 Å². The molecule has 2 heterocycles. The van der Waals surface area contributed by atoms with Crippen LogP contribution in [0.4, 0.5) is 0 Å². The molecule has 2 aromatic heterocycles. The van der Waals surface area contributed by atoms with Crippen molar-refractivity contribution in [3.05, 3.63) is 115 Å². The highest BCUT2D eigenvalue weighted by Gasteiger charge is 2.23. The van der Waals surface area contributed by atoms with E-state index in [9.17, 15) is 9.59 Å². The van der Waals surface area contributed by atoms with E-state index in [-0.39, 0.29) is 6.54 Å². The summed E-state index contributed by atoms with van der Waals surface area (Å²) in [5.74, 6) is 0.716. The number of benzene rings is 3. The van der Waals surface area contributed by atoms with E-state index in [1.807, 2.05) is 60.7 Å². The van der Waals surface area contributed by atoms with Gasteiger partial charge in [0.25, 0.3) is 5.56 Å². The molecule has 0 radical (unpaired) electrons. The number of methoxy groups -OCH3 is 1. The molecule has 10 heteroatoms. The highest BCUT2D eigenvalue weighted by Crippen LogP contribution is 2.38. The molecule has 37 heavy (non-hydrogen) atoms. The molecule has 5 rings (SSSR count). The maximum Gasteiger partial charge on any atom is 0.332 e. The Morgan fingerprint density at radius 3 is 2.30 bits per heavy atom. The van der Waals surface area contributed by atoms with Crippen LogP contribution in [0.3, 0.4) is 0 Å². The third kappa shape index (κ3) is 4.92. The Balaban J connectivity index is 1.74. The van der Waals surface area contributed by atoms with Gasteiger partial charge in [0.2, 0.25) is 0 Å². The van der Waals surface area contributed by atoms with Crippen molar-refractivity contribution in [2.24, 2.45) is 7.05 Å². The van der Waals surface area contributed by atoms with Crippen LogP contribution in [0, 0.1) is 0 Å². The lowest BCUT2D eigenvalue weighted by Gasteiger charge is -2.13. The minimum absolute atomic E-state index is 0.246. The second-order valence-electron chi connectivity index (χ2n) is 8.38. The molecule has 188 valence electrons. The van der Waals surface area contributed by atoms with E-state index < -0.39 is 11.2 Å². The molecule has 5 aromatic rings. The van der Waals surface area contributed by atoms with Gasteiger partial charge in [0, 0.05) is 11.9 Å². The van der Waals surface area contributed by atoms with Crippen molar-refractivity contribution in [1.29, 1.82) is 0 Å². The number of nitrogens with zero attached hydrogens (tertiary/aromatic N) is 4. The van der Waals surface area contributed by atoms with Crippen LogP contribution in [0.25, 0.3) is 11.0 Å². The van der Waals surface area contributed by atoms with Gasteiger partial charge in [-0.1, -0.05) is 83.5 Å². The Labute approximate surface area is 226 Å². The summed E-state index contributed by atoms with van der Waals surface area (Å²) in [5, 5.41) is 6.38. The zero-order valence-electron chi connectivity index (χ0n) is 20.0. The smallest absolute Gasteiger partial charge is 0.332 e. The molecule has 0 aliphatic carbocycles. The minimum atomic E-state index is -0.431. The summed E-state index contributed by atoms with van der Waals surface area (Å²) in [6.45, 7) is 0.617. The average Bonchev–Trinajstić information content (AvgIpc) is 3.26. The van der Waals surface area contributed by atoms with Crippen LogP contribution in [-0.4, -0.2) is 26.0 Å². The first-order valence-electron chi connectivity index (χ1n) is 11.4. The van der Waals surface area contributed by atoms with Gasteiger partial charge in [-0.05, 0) is 35.4 Å². The maximum absolute atomic E-state index is 13.5. The van der Waals surface area contributed by atoms with Crippen LogP contribution in [0.1, 0.15) is 11.1 Å². The molecule has 0 fully saturated rings. The van der Waals surface area contributed by atoms with Crippen LogP contribution < -0.4 is 16.0 Å². The Hall–Kier alpha value is -3.46. The fraction of sp³-hybridized carbons (Fsp3) is 0.148. The maximum atomic E-state index is 13.5. The summed E-state index contributed by atoms with van der Waals surface area (Å²) in [7, 11) is 3.08. The summed E-state index contributed by atoms with van der Waals surface area (Å²) < 4.78 is 9.66. The van der Waals surface area contributed by atoms with Crippen molar-refractivity contribution in [2.75, 3.05) is 7.11 Å². The van der Waals surface area contributed by atoms with E-state index in [4.69, 9.17) is 33.0 Å². The van der Waals surface area contributed by atoms with Crippen molar-refractivity contribution in [3.63, 3.8) is 0 Å². The van der Waals surface area contributed by atoms with Crippen LogP contribution in [0.15, 0.2) is 92.3 Å². The molecule has 0 N–H and O–H groups in total. The third-order valence-electron chi connectivity index (χ3n) is 5.98. The summed E-state index contributed by atoms with van der Waals surface area (Å²) in [4.78, 5) is 27.6. The van der Waals surface area contributed by atoms with Gasteiger partial charge in [-0.15, -0.1) is 0 Å². The summed E-state index contributed by atoms with van der Waals surface area (Å²) >= 11 is 13.9. The van der Waals surface area contributed by atoms with E-state index in [0.717, 1.165) is 15.7 Å². The molecule has 0 aliphatic heterocycles. The van der Waals surface area contributed by atoms with E-state index >= 15 is 0 Å². The van der Waals surface area contributed by atoms with E-state index in [1.54, 1.807) is 28.5 Å². The Bertz CT molecular complexity index is 1710. The molecule has 0 saturated carbocycles. The number of halogens is 2. The molecular formula is C27H22Cl2N4O3S. The lowest BCUT2D eigenvalue weighted by molar-refractivity contribution is 0.414. The predicted octanol–water partition coefficient (Wildman–Crippen LogP) is 5.46.